The summed E-state index contributed by atoms with van der Waals surface area (Å²) in [5, 5.41) is 30.9. The van der Waals surface area contributed by atoms with Crippen LogP contribution in [0.5, 0.6) is 0 Å². The number of rotatable bonds is 19. The third kappa shape index (κ3) is 14.1. The molecule has 2 aromatic carbocycles. The number of carboxylic acid groups (broad SMARTS) is 1. The number of hydrogen-bond donors (Lipinski definition) is 6. The van der Waals surface area contributed by atoms with Gasteiger partial charge in [-0.15, -0.1) is 0 Å². The number of methoxy groups -OCH3 is 1. The van der Waals surface area contributed by atoms with Crippen molar-refractivity contribution in [1.29, 1.82) is 0 Å². The van der Waals surface area contributed by atoms with Crippen molar-refractivity contribution in [2.75, 3.05) is 38.2 Å². The lowest BCUT2D eigenvalue weighted by atomic mass is 9.82. The van der Waals surface area contributed by atoms with Gasteiger partial charge in [0, 0.05) is 72.9 Å². The first-order chi connectivity index (χ1) is 36.4. The second-order valence-corrected chi connectivity index (χ2v) is 20.0. The number of ether oxygens (including phenoxy) is 1. The lowest BCUT2D eigenvalue weighted by molar-refractivity contribution is -0.221. The normalized spacial score (nSPS) is 17.7. The number of likely N-dealkylation sites (N-methyl/N-ethyl adjacent to an activating group) is 1. The predicted octanol–water partition coefficient (Wildman–Crippen LogP) is 7.15. The van der Waals surface area contributed by atoms with Crippen LogP contribution in [0.4, 0.5) is 59.3 Å². The van der Waals surface area contributed by atoms with Crippen LogP contribution >= 0.6 is 0 Å². The zero-order valence-corrected chi connectivity index (χ0v) is 42.9. The van der Waals surface area contributed by atoms with Crippen molar-refractivity contribution >= 4 is 29.8 Å². The van der Waals surface area contributed by atoms with Crippen LogP contribution in [0.25, 0.3) is 11.1 Å². The van der Waals surface area contributed by atoms with E-state index in [0.717, 1.165) is 57.8 Å². The van der Waals surface area contributed by atoms with Crippen molar-refractivity contribution in [1.82, 2.24) is 46.0 Å². The Morgan fingerprint density at radius 3 is 1.87 bits per heavy atom. The number of aliphatic hydroxyl groups is 1. The van der Waals surface area contributed by atoms with Gasteiger partial charge in [0.05, 0.1) is 36.3 Å². The first-order valence-electron chi connectivity index (χ1n) is 24.3. The van der Waals surface area contributed by atoms with Gasteiger partial charge in [-0.3, -0.25) is 19.9 Å². The zero-order valence-electron chi connectivity index (χ0n) is 42.9. The fraction of sp³-hybridized carbons (Fsp3) is 0.490. The molecule has 78 heavy (non-hydrogen) atoms. The maximum Gasteiger partial charge on any atom is 0.407 e. The van der Waals surface area contributed by atoms with Gasteiger partial charge in [-0.1, -0.05) is 30.9 Å². The molecule has 0 radical (unpaired) electrons. The van der Waals surface area contributed by atoms with Crippen molar-refractivity contribution in [2.45, 2.75) is 116 Å². The van der Waals surface area contributed by atoms with Crippen LogP contribution in [0.1, 0.15) is 76.3 Å². The fourth-order valence-corrected chi connectivity index (χ4v) is 9.22. The number of aromatic nitrogens is 3. The summed E-state index contributed by atoms with van der Waals surface area (Å²) < 4.78 is 150. The van der Waals surface area contributed by atoms with E-state index in [9.17, 15) is 64.5 Å². The second-order valence-electron chi connectivity index (χ2n) is 20.0. The van der Waals surface area contributed by atoms with Crippen molar-refractivity contribution in [3.05, 3.63) is 101 Å². The molecule has 4 amide bonds. The molecule has 0 aliphatic carbocycles. The molecule has 4 aromatic rings. The Hall–Kier alpha value is -7.18. The van der Waals surface area contributed by atoms with Crippen LogP contribution in [0.15, 0.2) is 67.1 Å². The van der Waals surface area contributed by atoms with Gasteiger partial charge in [0.2, 0.25) is 5.91 Å². The summed E-state index contributed by atoms with van der Waals surface area (Å²) in [5.74, 6) is 0.640. The standard InChI is InChI=1S/C51H58F10N10O7/c1-7-70-33-15-16-34(70)25-68(24-33)40-17-14-30(21-62-40)13-10-28-8-11-29(12-9-28)18-38(64-43(73)41(66-47(77)78-6)48(2,3)50(56,57)58)39(72)27-69(67-44(74)42(65-46(75)76)49(4,5)51(59,60)61)26-35-36(52)19-31(20-37(35)53)32-22-63-71(23-32)45(54)55/h8-9,11-12,14,17,19-23,33-34,38-39,41-42,45,65,72H,7,15-16,18,24-27H2,1-6H3,(H,64,73)(H,66,77)(H,67,74)(H,75,76). The quantitative estimate of drug-likeness (QED) is 0.0315. The number of carbonyl (C=O) groups is 4. The number of amides is 4. The number of alkyl carbamates (subject to hydrolysis) is 1. The molecule has 2 aromatic heterocycles. The smallest absolute Gasteiger partial charge is 0.407 e. The number of hydrazine groups is 1. The molecule has 4 heterocycles. The van der Waals surface area contributed by atoms with E-state index in [4.69, 9.17) is 0 Å². The molecule has 6 N–H and O–H groups in total. The molecule has 2 aliphatic heterocycles. The van der Waals surface area contributed by atoms with Crippen LogP contribution in [0.3, 0.4) is 0 Å². The highest BCUT2D eigenvalue weighted by Gasteiger charge is 2.57. The molecule has 2 aliphatic rings. The molecule has 6 atom stereocenters. The van der Waals surface area contributed by atoms with Crippen LogP contribution in [-0.4, -0.2) is 141 Å². The van der Waals surface area contributed by atoms with Gasteiger partial charge >= 0.3 is 31.1 Å². The fourth-order valence-electron chi connectivity index (χ4n) is 9.22. The minimum atomic E-state index is -5.28. The Balaban J connectivity index is 1.33. The summed E-state index contributed by atoms with van der Waals surface area (Å²) >= 11 is 0. The Morgan fingerprint density at radius 1 is 0.808 bits per heavy atom. The topological polar surface area (TPSA) is 207 Å². The first-order valence-corrected chi connectivity index (χ1v) is 24.3. The average molecular weight is 1110 g/mol. The summed E-state index contributed by atoms with van der Waals surface area (Å²) in [6.07, 6.45) is -11.2. The monoisotopic (exact) mass is 1110 g/mol. The Bertz CT molecular complexity index is 2800. The Kier molecular flexibility index (Phi) is 18.7. The molecule has 2 bridgehead atoms. The number of halogens is 10. The molecule has 2 fully saturated rings. The first kappa shape index (κ1) is 60.1. The molecule has 0 spiro atoms. The summed E-state index contributed by atoms with van der Waals surface area (Å²) in [5.41, 5.74) is -4.45. The van der Waals surface area contributed by atoms with Gasteiger partial charge in [0.25, 0.3) is 5.91 Å². The highest BCUT2D eigenvalue weighted by atomic mass is 19.4. The highest BCUT2D eigenvalue weighted by Crippen LogP contribution is 2.42. The number of alkyl halides is 8. The minimum Gasteiger partial charge on any atom is -0.465 e. The van der Waals surface area contributed by atoms with Gasteiger partial charge in [-0.05, 0) is 101 Å². The van der Waals surface area contributed by atoms with Crippen LogP contribution in [0, 0.1) is 34.3 Å². The minimum absolute atomic E-state index is 0.185. The van der Waals surface area contributed by atoms with E-state index in [1.54, 1.807) is 6.20 Å². The summed E-state index contributed by atoms with van der Waals surface area (Å²) in [6.45, 7) is 1.51. The van der Waals surface area contributed by atoms with Crippen molar-refractivity contribution in [3.8, 4) is 23.0 Å². The summed E-state index contributed by atoms with van der Waals surface area (Å²) in [4.78, 5) is 61.4. The second kappa shape index (κ2) is 24.2. The van der Waals surface area contributed by atoms with Crippen LogP contribution in [-0.2, 0) is 27.3 Å². The number of carbonyl (C=O) groups excluding carboxylic acids is 3. The molecule has 424 valence electrons. The molecule has 17 nitrogen and oxygen atoms in total. The van der Waals surface area contributed by atoms with E-state index >= 15 is 8.78 Å². The number of hydrogen-bond acceptors (Lipinski definition) is 11. The van der Waals surface area contributed by atoms with E-state index < -0.39 is 115 Å². The van der Waals surface area contributed by atoms with Gasteiger partial charge in [0.1, 0.15) is 29.5 Å². The van der Waals surface area contributed by atoms with E-state index in [2.05, 4.69) is 48.7 Å². The SMILES string of the molecule is CCN1C2CCC1CN(c1ccc(C#Cc3ccc(CC(NC(=O)C(NC(=O)OC)C(C)(C)C(F)(F)F)C(O)CN(Cc4c(F)cc(-c5cnn(C(F)F)c5)cc4F)NC(=O)C(NC(=O)O)C(C)(C)C(F)(F)F)cc3)cn1)C2. The van der Waals surface area contributed by atoms with E-state index in [1.165, 1.54) is 29.6 Å². The number of pyridine rings is 1. The summed E-state index contributed by atoms with van der Waals surface area (Å²) in [7, 11) is 0.812. The lowest BCUT2D eigenvalue weighted by Crippen LogP contribution is -2.63. The third-order valence-corrected chi connectivity index (χ3v) is 14.1. The Labute approximate surface area is 441 Å². The van der Waals surface area contributed by atoms with Crippen molar-refractivity contribution < 1.29 is 78.0 Å². The largest absolute Gasteiger partial charge is 0.465 e. The summed E-state index contributed by atoms with van der Waals surface area (Å²) in [6, 6.07) is 5.04. The molecule has 27 heteroatoms. The van der Waals surface area contributed by atoms with Crippen LogP contribution in [0.2, 0.25) is 0 Å². The maximum absolute atomic E-state index is 16.0. The van der Waals surface area contributed by atoms with E-state index in [1.807, 2.05) is 22.9 Å². The number of fused-ring (bicyclic) bond motifs is 2. The molecular formula is C51H58F10N10O7. The number of anilines is 1. The third-order valence-electron chi connectivity index (χ3n) is 14.1. The highest BCUT2D eigenvalue weighted by molar-refractivity contribution is 5.87. The van der Waals surface area contributed by atoms with Gasteiger partial charge < -0.3 is 35.8 Å². The van der Waals surface area contributed by atoms with Gasteiger partial charge in [-0.25, -0.2) is 33.0 Å². The zero-order chi connectivity index (χ0) is 57.7. The van der Waals surface area contributed by atoms with Crippen molar-refractivity contribution in [3.63, 3.8) is 0 Å². The van der Waals surface area contributed by atoms with Gasteiger partial charge in [0.15, 0.2) is 0 Å². The molecule has 6 rings (SSSR count). The van der Waals surface area contributed by atoms with Crippen LogP contribution < -0.4 is 26.3 Å². The number of benzene rings is 2. The van der Waals surface area contributed by atoms with Gasteiger partial charge in [-0.2, -0.15) is 40.2 Å². The van der Waals surface area contributed by atoms with Crippen molar-refractivity contribution in [2.24, 2.45) is 10.8 Å². The molecular weight excluding hydrogens is 1050 g/mol. The molecule has 0 saturated carbocycles. The lowest BCUT2D eigenvalue weighted by Gasteiger charge is -2.41. The Morgan fingerprint density at radius 2 is 1.37 bits per heavy atom. The number of piperazine rings is 1. The number of nitrogens with one attached hydrogen (secondary N) is 4. The molecule has 6 unspecified atom stereocenters. The van der Waals surface area contributed by atoms with E-state index in [0.29, 0.717) is 68.0 Å². The predicted molar refractivity (Wildman–Crippen MR) is 261 cm³/mol. The number of aliphatic hydroxyl groups excluding tert-OH is 1. The molecule has 2 saturated heterocycles. The number of nitrogens with zero attached hydrogens (tertiary/aromatic N) is 6. The van der Waals surface area contributed by atoms with E-state index in [-0.39, 0.29) is 21.4 Å². The average Bonchev–Trinajstić information content (AvgIpc) is 3.96. The maximum atomic E-state index is 16.0.